The molecule has 0 bridgehead atoms. The Labute approximate surface area is 112 Å². The molecule has 3 nitrogen and oxygen atoms in total. The number of hydrogen-bond acceptors (Lipinski definition) is 3. The van der Waals surface area contributed by atoms with Crippen LogP contribution in [0.15, 0.2) is 50.6 Å². The fourth-order valence-corrected chi connectivity index (χ4v) is 2.23. The molecule has 0 aliphatic rings. The summed E-state index contributed by atoms with van der Waals surface area (Å²) in [5.74, 6) is -0.191. The molecule has 0 saturated carbocycles. The fraction of sp³-hybridized carbons (Fsp3) is 0.0833. The lowest BCUT2D eigenvalue weighted by Gasteiger charge is -2.05. The molecule has 1 aromatic heterocycles. The Hall–Kier alpha value is -1.20. The van der Waals surface area contributed by atoms with E-state index in [1.807, 2.05) is 30.5 Å². The zero-order chi connectivity index (χ0) is 12.3. The van der Waals surface area contributed by atoms with E-state index in [4.69, 9.17) is 4.42 Å². The third-order valence-corrected chi connectivity index (χ3v) is 3.53. The van der Waals surface area contributed by atoms with Gasteiger partial charge in [0.05, 0.1) is 11.8 Å². The lowest BCUT2D eigenvalue weighted by atomic mass is 10.3. The molecular weight excluding hydrogens is 302 g/mol. The summed E-state index contributed by atoms with van der Waals surface area (Å²) < 4.78 is 5.46. The van der Waals surface area contributed by atoms with Gasteiger partial charge in [-0.2, -0.15) is 0 Å². The Balaban J connectivity index is 2.16. The quantitative estimate of drug-likeness (QED) is 0.871. The first-order chi connectivity index (χ1) is 8.20. The van der Waals surface area contributed by atoms with Crippen molar-refractivity contribution in [3.05, 3.63) is 46.8 Å². The van der Waals surface area contributed by atoms with Crippen LogP contribution in [-0.4, -0.2) is 12.2 Å². The second-order valence-corrected chi connectivity index (χ2v) is 4.89. The van der Waals surface area contributed by atoms with Crippen LogP contribution in [-0.2, 0) is 0 Å². The maximum absolute atomic E-state index is 11.9. The molecule has 0 unspecified atom stereocenters. The average molecular weight is 312 g/mol. The van der Waals surface area contributed by atoms with Gasteiger partial charge in [0.15, 0.2) is 4.67 Å². The Morgan fingerprint density at radius 1 is 1.41 bits per heavy atom. The lowest BCUT2D eigenvalue weighted by Crippen LogP contribution is -2.11. The highest BCUT2D eigenvalue weighted by Gasteiger charge is 2.12. The molecule has 0 fully saturated rings. The van der Waals surface area contributed by atoms with Gasteiger partial charge in [-0.25, -0.2) is 0 Å². The number of hydrogen-bond donors (Lipinski definition) is 1. The van der Waals surface area contributed by atoms with Gasteiger partial charge < -0.3 is 9.73 Å². The van der Waals surface area contributed by atoms with Crippen LogP contribution in [0.5, 0.6) is 0 Å². The minimum Gasteiger partial charge on any atom is -0.457 e. The molecule has 2 rings (SSSR count). The molecule has 0 spiro atoms. The maximum Gasteiger partial charge on any atom is 0.260 e. The zero-order valence-electron chi connectivity index (χ0n) is 9.07. The summed E-state index contributed by atoms with van der Waals surface area (Å²) in [5.41, 5.74) is 1.26. The van der Waals surface area contributed by atoms with Crippen molar-refractivity contribution in [2.24, 2.45) is 0 Å². The monoisotopic (exact) mass is 311 g/mol. The molecule has 1 aromatic carbocycles. The first-order valence-corrected chi connectivity index (χ1v) is 6.91. The van der Waals surface area contributed by atoms with Crippen molar-refractivity contribution in [2.45, 2.75) is 4.90 Å². The van der Waals surface area contributed by atoms with Crippen LogP contribution in [0.3, 0.4) is 0 Å². The van der Waals surface area contributed by atoms with E-state index in [9.17, 15) is 4.79 Å². The van der Waals surface area contributed by atoms with Crippen LogP contribution in [0.25, 0.3) is 0 Å². The maximum atomic E-state index is 11.9. The largest absolute Gasteiger partial charge is 0.457 e. The topological polar surface area (TPSA) is 42.2 Å². The SMILES string of the molecule is CSc1cccc(NC(=O)c2ccoc2Br)c1. The van der Waals surface area contributed by atoms with E-state index in [2.05, 4.69) is 21.2 Å². The van der Waals surface area contributed by atoms with Crippen LogP contribution in [0.4, 0.5) is 5.69 Å². The third kappa shape index (κ3) is 2.92. The minimum absolute atomic E-state index is 0.191. The molecule has 5 heteroatoms. The molecule has 0 radical (unpaired) electrons. The number of carbonyl (C=O) groups is 1. The van der Waals surface area contributed by atoms with Crippen LogP contribution in [0.2, 0.25) is 0 Å². The zero-order valence-corrected chi connectivity index (χ0v) is 11.5. The highest BCUT2D eigenvalue weighted by Crippen LogP contribution is 2.22. The molecule has 0 aliphatic carbocycles. The second-order valence-electron chi connectivity index (χ2n) is 3.29. The highest BCUT2D eigenvalue weighted by atomic mass is 79.9. The van der Waals surface area contributed by atoms with Gasteiger partial charge in [-0.15, -0.1) is 11.8 Å². The number of thioether (sulfide) groups is 1. The predicted molar refractivity (Wildman–Crippen MR) is 72.6 cm³/mol. The standard InChI is InChI=1S/C12H10BrNO2S/c1-17-9-4-2-3-8(7-9)14-12(15)10-5-6-16-11(10)13/h2-7H,1H3,(H,14,15). The van der Waals surface area contributed by atoms with Crippen LogP contribution >= 0.6 is 27.7 Å². The van der Waals surface area contributed by atoms with Gasteiger partial charge in [0.1, 0.15) is 0 Å². The Morgan fingerprint density at radius 3 is 2.88 bits per heavy atom. The number of nitrogens with one attached hydrogen (secondary N) is 1. The van der Waals surface area contributed by atoms with Crippen LogP contribution < -0.4 is 5.32 Å². The average Bonchev–Trinajstić information content (AvgIpc) is 2.76. The molecule has 2 aromatic rings. The molecular formula is C12H10BrNO2S. The van der Waals surface area contributed by atoms with Crippen molar-refractivity contribution in [2.75, 3.05) is 11.6 Å². The molecule has 1 amide bonds. The summed E-state index contributed by atoms with van der Waals surface area (Å²) in [6.07, 6.45) is 3.46. The number of rotatable bonds is 3. The van der Waals surface area contributed by atoms with Crippen molar-refractivity contribution >= 4 is 39.3 Å². The van der Waals surface area contributed by atoms with Crippen molar-refractivity contribution < 1.29 is 9.21 Å². The summed E-state index contributed by atoms with van der Waals surface area (Å²) in [4.78, 5) is 13.0. The second kappa shape index (κ2) is 5.42. The van der Waals surface area contributed by atoms with E-state index < -0.39 is 0 Å². The summed E-state index contributed by atoms with van der Waals surface area (Å²) >= 11 is 4.81. The summed E-state index contributed by atoms with van der Waals surface area (Å²) in [6, 6.07) is 9.31. The lowest BCUT2D eigenvalue weighted by molar-refractivity contribution is 0.102. The Kier molecular flexibility index (Phi) is 3.91. The Morgan fingerprint density at radius 2 is 2.24 bits per heavy atom. The number of amides is 1. The van der Waals surface area contributed by atoms with Gasteiger partial charge in [-0.3, -0.25) is 4.79 Å². The number of furan rings is 1. The van der Waals surface area contributed by atoms with Gasteiger partial charge in [0, 0.05) is 10.6 Å². The first kappa shape index (κ1) is 12.3. The summed E-state index contributed by atoms with van der Waals surface area (Å²) in [6.45, 7) is 0. The van der Waals surface area contributed by atoms with Crippen molar-refractivity contribution in [1.29, 1.82) is 0 Å². The van der Waals surface area contributed by atoms with Gasteiger partial charge in [-0.1, -0.05) is 6.07 Å². The van der Waals surface area contributed by atoms with E-state index in [-0.39, 0.29) is 5.91 Å². The fourth-order valence-electron chi connectivity index (χ4n) is 1.36. The van der Waals surface area contributed by atoms with Crippen LogP contribution in [0.1, 0.15) is 10.4 Å². The van der Waals surface area contributed by atoms with E-state index in [0.717, 1.165) is 10.6 Å². The number of anilines is 1. The van der Waals surface area contributed by atoms with E-state index in [1.165, 1.54) is 6.26 Å². The molecule has 0 atom stereocenters. The van der Waals surface area contributed by atoms with Crippen molar-refractivity contribution in [3.63, 3.8) is 0 Å². The number of carbonyl (C=O) groups excluding carboxylic acids is 1. The molecule has 1 heterocycles. The summed E-state index contributed by atoms with van der Waals surface area (Å²) in [5, 5.41) is 2.82. The van der Waals surface area contributed by atoms with E-state index in [1.54, 1.807) is 17.8 Å². The van der Waals surface area contributed by atoms with E-state index >= 15 is 0 Å². The van der Waals surface area contributed by atoms with Gasteiger partial charge in [0.2, 0.25) is 0 Å². The molecule has 0 saturated heterocycles. The Bertz CT molecular complexity index is 539. The van der Waals surface area contributed by atoms with Gasteiger partial charge >= 0.3 is 0 Å². The van der Waals surface area contributed by atoms with Crippen molar-refractivity contribution in [1.82, 2.24) is 0 Å². The van der Waals surface area contributed by atoms with Crippen LogP contribution in [0, 0.1) is 0 Å². The number of halogens is 1. The molecule has 1 N–H and O–H groups in total. The predicted octanol–water partition coefficient (Wildman–Crippen LogP) is 4.02. The molecule has 0 aliphatic heterocycles. The normalized spacial score (nSPS) is 10.2. The van der Waals surface area contributed by atoms with Gasteiger partial charge in [-0.05, 0) is 46.5 Å². The molecule has 88 valence electrons. The third-order valence-electron chi connectivity index (χ3n) is 2.19. The van der Waals surface area contributed by atoms with Gasteiger partial charge in [0.25, 0.3) is 5.91 Å². The number of benzene rings is 1. The smallest absolute Gasteiger partial charge is 0.260 e. The molecule has 17 heavy (non-hydrogen) atoms. The minimum atomic E-state index is -0.191. The highest BCUT2D eigenvalue weighted by molar-refractivity contribution is 9.10. The summed E-state index contributed by atoms with van der Waals surface area (Å²) in [7, 11) is 0. The van der Waals surface area contributed by atoms with E-state index in [0.29, 0.717) is 10.2 Å². The van der Waals surface area contributed by atoms with Crippen molar-refractivity contribution in [3.8, 4) is 0 Å². The first-order valence-electron chi connectivity index (χ1n) is 4.89.